The lowest BCUT2D eigenvalue weighted by Gasteiger charge is -2.17. The van der Waals surface area contributed by atoms with Gasteiger partial charge >= 0.3 is 0 Å². The van der Waals surface area contributed by atoms with Crippen LogP contribution in [0.15, 0.2) is 108 Å². The highest BCUT2D eigenvalue weighted by Gasteiger charge is 2.32. The van der Waals surface area contributed by atoms with E-state index in [1.54, 1.807) is 31.2 Å². The second-order valence-corrected chi connectivity index (χ2v) is 14.8. The number of allylic oxidation sites excluding steroid dienone is 2. The standard InChI is InChI=1S/C30H20N6O10S3/c1-16-22(14-31)29-33-24-4-2-3-5-26(24)36(29)30(37)28(16)32-15-17-6-10-23(20-9-7-18(12-21(17)20)47(38,39)40)34-35-25-13-19(48(41,42)43)8-11-27(25)49(44,45)46/h2-13H,15H2,1H3,(H,38,39,40)(H,41,42,43)(H,44,45,46). The Labute approximate surface area is 277 Å². The van der Waals surface area contributed by atoms with Gasteiger partial charge in [-0.15, -0.1) is 10.2 Å². The first kappa shape index (κ1) is 33.4. The molecule has 0 saturated heterocycles. The topological polar surface area (TPSA) is 259 Å². The number of rotatable bonds is 7. The van der Waals surface area contributed by atoms with Crippen LogP contribution in [0.1, 0.15) is 23.1 Å². The number of carbonyl (C=O) groups excluding carboxylic acids is 1. The maximum atomic E-state index is 13.7. The van der Waals surface area contributed by atoms with E-state index >= 15 is 0 Å². The van der Waals surface area contributed by atoms with E-state index in [1.807, 2.05) is 0 Å². The molecule has 1 aliphatic rings. The van der Waals surface area contributed by atoms with E-state index in [1.165, 1.54) is 22.8 Å². The first-order valence-corrected chi connectivity index (χ1v) is 18.0. The molecule has 0 unspecified atom stereocenters. The van der Waals surface area contributed by atoms with Gasteiger partial charge in [-0.1, -0.05) is 24.3 Å². The summed E-state index contributed by atoms with van der Waals surface area (Å²) in [7, 11) is -14.4. The Kier molecular flexibility index (Phi) is 8.10. The smallest absolute Gasteiger partial charge is 0.282 e. The van der Waals surface area contributed by atoms with E-state index in [-0.39, 0.29) is 45.7 Å². The minimum atomic E-state index is -4.93. The van der Waals surface area contributed by atoms with Crippen LogP contribution in [0.5, 0.6) is 0 Å². The molecule has 4 aromatic carbocycles. The first-order chi connectivity index (χ1) is 23.0. The molecule has 6 rings (SSSR count). The molecule has 1 aromatic heterocycles. The van der Waals surface area contributed by atoms with Crippen LogP contribution in [-0.2, 0) is 36.9 Å². The molecule has 3 N–H and O–H groups in total. The SMILES string of the molecule is CC1=C(C#N)c2nc3ccccc3n2C(=O)C1=NCc1ccc(N=Nc2cc(S(=O)(=O)O)ccc2S(=O)(=O)O)c2ccc(S(=O)(=O)O)cc12. The average Bonchev–Trinajstić information content (AvgIpc) is 3.42. The average molecular weight is 721 g/mol. The lowest BCUT2D eigenvalue weighted by molar-refractivity contribution is 0.0992. The van der Waals surface area contributed by atoms with Crippen LogP contribution in [0.25, 0.3) is 27.4 Å². The highest BCUT2D eigenvalue weighted by Crippen LogP contribution is 2.35. The lowest BCUT2D eigenvalue weighted by atomic mass is 10.00. The number of hydrogen-bond donors (Lipinski definition) is 3. The van der Waals surface area contributed by atoms with Gasteiger partial charge in [0.25, 0.3) is 36.3 Å². The van der Waals surface area contributed by atoms with Crippen LogP contribution in [0, 0.1) is 11.3 Å². The number of hydrogen-bond acceptors (Lipinski definition) is 12. The normalized spacial score (nSPS) is 15.0. The van der Waals surface area contributed by atoms with E-state index in [9.17, 15) is 49.0 Å². The van der Waals surface area contributed by atoms with Crippen molar-refractivity contribution in [3.05, 3.63) is 89.8 Å². The summed E-state index contributed by atoms with van der Waals surface area (Å²) in [6.07, 6.45) is 0. The molecule has 0 atom stereocenters. The number of nitrogens with zero attached hydrogens (tertiary/aromatic N) is 6. The highest BCUT2D eigenvalue weighted by molar-refractivity contribution is 7.86. The molecule has 19 heteroatoms. The third-order valence-electron chi connectivity index (χ3n) is 7.56. The van der Waals surface area contributed by atoms with Gasteiger partial charge in [0, 0.05) is 11.0 Å². The number of carbonyl (C=O) groups is 1. The third-order valence-corrected chi connectivity index (χ3v) is 10.2. The quantitative estimate of drug-likeness (QED) is 0.149. The molecule has 0 saturated carbocycles. The van der Waals surface area contributed by atoms with Crippen molar-refractivity contribution in [3.63, 3.8) is 0 Å². The van der Waals surface area contributed by atoms with Crippen molar-refractivity contribution >= 4 is 80.7 Å². The molecule has 0 bridgehead atoms. The van der Waals surface area contributed by atoms with Crippen LogP contribution in [0.4, 0.5) is 11.4 Å². The van der Waals surface area contributed by atoms with E-state index in [0.717, 1.165) is 18.2 Å². The van der Waals surface area contributed by atoms with E-state index in [0.29, 0.717) is 28.7 Å². The Balaban J connectivity index is 1.48. The largest absolute Gasteiger partial charge is 0.296 e. The second kappa shape index (κ2) is 11.9. The maximum absolute atomic E-state index is 13.7. The zero-order chi connectivity index (χ0) is 35.5. The molecule has 0 amide bonds. The van der Waals surface area contributed by atoms with Crippen molar-refractivity contribution in [3.8, 4) is 6.07 Å². The summed E-state index contributed by atoms with van der Waals surface area (Å²) in [5.41, 5.74) is 0.996. The predicted molar refractivity (Wildman–Crippen MR) is 174 cm³/mol. The van der Waals surface area contributed by atoms with Gasteiger partial charge < -0.3 is 0 Å². The number of fused-ring (bicyclic) bond motifs is 4. The first-order valence-electron chi connectivity index (χ1n) is 13.7. The Morgan fingerprint density at radius 2 is 1.45 bits per heavy atom. The van der Waals surface area contributed by atoms with Crippen LogP contribution in [0.2, 0.25) is 0 Å². The summed E-state index contributed by atoms with van der Waals surface area (Å²) in [6.45, 7) is 1.32. The van der Waals surface area contributed by atoms with E-state index in [2.05, 4.69) is 26.3 Å². The molecule has 0 fully saturated rings. The van der Waals surface area contributed by atoms with Gasteiger partial charge in [0.1, 0.15) is 27.9 Å². The molecule has 0 aliphatic carbocycles. The number of nitriles is 1. The van der Waals surface area contributed by atoms with Crippen LogP contribution >= 0.6 is 0 Å². The third kappa shape index (κ3) is 6.15. The zero-order valence-electron chi connectivity index (χ0n) is 24.7. The molecule has 0 radical (unpaired) electrons. The summed E-state index contributed by atoms with van der Waals surface area (Å²) in [6, 6.07) is 17.3. The van der Waals surface area contributed by atoms with Crippen molar-refractivity contribution in [1.29, 1.82) is 5.26 Å². The fourth-order valence-electron chi connectivity index (χ4n) is 5.25. The summed E-state index contributed by atoms with van der Waals surface area (Å²) < 4.78 is 101. The molecule has 1 aliphatic heterocycles. The molecular formula is C30H20N6O10S3. The summed E-state index contributed by atoms with van der Waals surface area (Å²) in [5, 5.41) is 18.1. The lowest BCUT2D eigenvalue weighted by Crippen LogP contribution is -2.29. The highest BCUT2D eigenvalue weighted by atomic mass is 32.2. The van der Waals surface area contributed by atoms with E-state index in [4.69, 9.17) is 0 Å². The molecular weight excluding hydrogens is 701 g/mol. The van der Waals surface area contributed by atoms with E-state index < -0.39 is 56.6 Å². The number of azo groups is 1. The number of benzene rings is 4. The molecule has 5 aromatic rings. The molecule has 49 heavy (non-hydrogen) atoms. The number of aliphatic imine (C=N–C) groups is 1. The van der Waals surface area contributed by atoms with Gasteiger partial charge in [-0.25, -0.2) is 4.98 Å². The van der Waals surface area contributed by atoms with Gasteiger partial charge in [0.15, 0.2) is 5.82 Å². The van der Waals surface area contributed by atoms with Crippen molar-refractivity contribution in [2.75, 3.05) is 0 Å². The Bertz CT molecular complexity index is 2760. The van der Waals surface area contributed by atoms with Gasteiger partial charge in [-0.2, -0.15) is 30.5 Å². The van der Waals surface area contributed by atoms with Crippen LogP contribution in [-0.4, -0.2) is 60.1 Å². The van der Waals surface area contributed by atoms with Gasteiger partial charge in [0.05, 0.1) is 33.1 Å². The predicted octanol–water partition coefficient (Wildman–Crippen LogP) is 4.94. The monoisotopic (exact) mass is 720 g/mol. The summed E-state index contributed by atoms with van der Waals surface area (Å²) in [5.74, 6) is -0.377. The van der Waals surface area contributed by atoms with Crippen molar-refractivity contribution in [2.24, 2.45) is 15.2 Å². The molecule has 248 valence electrons. The molecule has 0 spiro atoms. The van der Waals surface area contributed by atoms with Crippen molar-refractivity contribution in [2.45, 2.75) is 28.2 Å². The van der Waals surface area contributed by atoms with Gasteiger partial charge in [-0.05, 0) is 66.4 Å². The molecule has 2 heterocycles. The number of imidazole rings is 1. The van der Waals surface area contributed by atoms with Gasteiger partial charge in [-0.3, -0.25) is 28.0 Å². The maximum Gasteiger partial charge on any atom is 0.296 e. The zero-order valence-corrected chi connectivity index (χ0v) is 27.2. The Morgan fingerprint density at radius 3 is 2.12 bits per heavy atom. The van der Waals surface area contributed by atoms with Crippen molar-refractivity contribution in [1.82, 2.24) is 9.55 Å². The number of para-hydroxylation sites is 2. The van der Waals surface area contributed by atoms with Crippen molar-refractivity contribution < 1.29 is 43.7 Å². The summed E-state index contributed by atoms with van der Waals surface area (Å²) in [4.78, 5) is 20.6. The van der Waals surface area contributed by atoms with Crippen LogP contribution in [0.3, 0.4) is 0 Å². The minimum absolute atomic E-state index is 0.00190. The number of aromatic nitrogens is 2. The summed E-state index contributed by atoms with van der Waals surface area (Å²) >= 11 is 0. The van der Waals surface area contributed by atoms with Crippen LogP contribution < -0.4 is 0 Å². The molecule has 16 nitrogen and oxygen atoms in total. The fourth-order valence-corrected chi connectivity index (χ4v) is 6.87. The van der Waals surface area contributed by atoms with Gasteiger partial charge in [0.2, 0.25) is 0 Å². The Morgan fingerprint density at radius 1 is 0.796 bits per heavy atom. The minimum Gasteiger partial charge on any atom is -0.282 e. The fraction of sp³-hybridized carbons (Fsp3) is 0.0667. The second-order valence-electron chi connectivity index (χ2n) is 10.5. The Hall–Kier alpha value is -5.49.